The number of nitrogens with zero attached hydrogens (tertiary/aromatic N) is 2. The van der Waals surface area contributed by atoms with Crippen molar-refractivity contribution in [3.63, 3.8) is 0 Å². The molecule has 0 aliphatic carbocycles. The Bertz CT molecular complexity index is 514. The minimum Gasteiger partial charge on any atom is -0.376 e. The molecule has 0 aromatic heterocycles. The summed E-state index contributed by atoms with van der Waals surface area (Å²) >= 11 is 5.27. The maximum atomic E-state index is 5.55. The van der Waals surface area contributed by atoms with E-state index in [-0.39, 0.29) is 6.10 Å². The Hall–Kier alpha value is -1.66. The second kappa shape index (κ2) is 6.87. The Morgan fingerprint density at radius 2 is 2.29 bits per heavy atom. The van der Waals surface area contributed by atoms with E-state index in [1.54, 1.807) is 0 Å². The molecule has 2 aliphatic heterocycles. The molecule has 2 heterocycles. The molecule has 5 nitrogen and oxygen atoms in total. The second-order valence-electron chi connectivity index (χ2n) is 5.23. The highest BCUT2D eigenvalue weighted by atomic mass is 32.1. The molecule has 0 unspecified atom stereocenters. The lowest BCUT2D eigenvalue weighted by molar-refractivity contribution is 0.114. The van der Waals surface area contributed by atoms with Crippen molar-refractivity contribution < 1.29 is 4.74 Å². The third-order valence-electron chi connectivity index (χ3n) is 3.65. The number of thiocarbonyl (C=S) groups is 1. The average Bonchev–Trinajstić information content (AvgIpc) is 3.17. The summed E-state index contributed by atoms with van der Waals surface area (Å²) in [4.78, 5) is 4.44. The second-order valence-corrected chi connectivity index (χ2v) is 5.62. The van der Waals surface area contributed by atoms with Crippen LogP contribution in [0.3, 0.4) is 0 Å². The van der Waals surface area contributed by atoms with Crippen LogP contribution in [0.2, 0.25) is 0 Å². The average molecular weight is 304 g/mol. The Morgan fingerprint density at radius 3 is 3.05 bits per heavy atom. The summed E-state index contributed by atoms with van der Waals surface area (Å²) in [7, 11) is 0. The van der Waals surface area contributed by atoms with Crippen molar-refractivity contribution in [2.75, 3.05) is 24.7 Å². The number of hydrogen-bond acceptors (Lipinski definition) is 3. The van der Waals surface area contributed by atoms with Crippen LogP contribution in [-0.2, 0) is 4.74 Å². The van der Waals surface area contributed by atoms with Gasteiger partial charge in [-0.3, -0.25) is 10.4 Å². The summed E-state index contributed by atoms with van der Waals surface area (Å²) in [6.45, 7) is 2.51. The van der Waals surface area contributed by atoms with Gasteiger partial charge in [-0.15, -0.1) is 0 Å². The van der Waals surface area contributed by atoms with Gasteiger partial charge in [0.05, 0.1) is 11.8 Å². The predicted molar refractivity (Wildman–Crippen MR) is 88.6 cm³/mol. The molecule has 2 saturated heterocycles. The van der Waals surface area contributed by atoms with E-state index in [9.17, 15) is 0 Å². The third-order valence-corrected chi connectivity index (χ3v) is 3.88. The minimum atomic E-state index is 0.278. The smallest absolute Gasteiger partial charge is 0.194 e. The zero-order valence-electron chi connectivity index (χ0n) is 11.9. The minimum absolute atomic E-state index is 0.278. The summed E-state index contributed by atoms with van der Waals surface area (Å²) in [6, 6.07) is 10.2. The molecule has 0 saturated carbocycles. The lowest BCUT2D eigenvalue weighted by Gasteiger charge is -2.17. The predicted octanol–water partition coefficient (Wildman–Crippen LogP) is 1.85. The van der Waals surface area contributed by atoms with E-state index in [0.29, 0.717) is 5.11 Å². The van der Waals surface area contributed by atoms with Gasteiger partial charge in [0.25, 0.3) is 0 Å². The van der Waals surface area contributed by atoms with Crippen molar-refractivity contribution >= 4 is 28.9 Å². The van der Waals surface area contributed by atoms with E-state index in [2.05, 4.69) is 32.9 Å². The summed E-state index contributed by atoms with van der Waals surface area (Å²) < 4.78 is 5.55. The van der Waals surface area contributed by atoms with Crippen LogP contribution in [0.4, 0.5) is 5.69 Å². The van der Waals surface area contributed by atoms with Gasteiger partial charge in [-0.2, -0.15) is 0 Å². The Labute approximate surface area is 130 Å². The van der Waals surface area contributed by atoms with Gasteiger partial charge in [0.15, 0.2) is 5.11 Å². The molecule has 2 aliphatic rings. The quantitative estimate of drug-likeness (QED) is 0.835. The highest BCUT2D eigenvalue weighted by Crippen LogP contribution is 2.15. The lowest BCUT2D eigenvalue weighted by Crippen LogP contribution is -2.35. The molecule has 0 bridgehead atoms. The van der Waals surface area contributed by atoms with Crippen LogP contribution in [0.5, 0.6) is 0 Å². The molecule has 21 heavy (non-hydrogen) atoms. The maximum absolute atomic E-state index is 5.55. The van der Waals surface area contributed by atoms with Gasteiger partial charge >= 0.3 is 0 Å². The normalized spacial score (nSPS) is 23.3. The topological polar surface area (TPSA) is 48.9 Å². The lowest BCUT2D eigenvalue weighted by atomic mass is 10.2. The number of aliphatic imine (C=N–C) groups is 1. The third kappa shape index (κ3) is 3.92. The fourth-order valence-electron chi connectivity index (χ4n) is 2.54. The van der Waals surface area contributed by atoms with Crippen LogP contribution < -0.4 is 15.8 Å². The molecule has 1 atom stereocenters. The number of nitrogens with one attached hydrogen (secondary N) is 2. The molecule has 112 valence electrons. The summed E-state index contributed by atoms with van der Waals surface area (Å²) in [5.41, 5.74) is 4.43. The fraction of sp³-hybridized carbons (Fsp3) is 0.467. The fourth-order valence-corrected chi connectivity index (χ4v) is 2.73. The number of anilines is 1. The van der Waals surface area contributed by atoms with Crippen molar-refractivity contribution in [2.45, 2.75) is 25.4 Å². The van der Waals surface area contributed by atoms with E-state index in [1.165, 1.54) is 0 Å². The van der Waals surface area contributed by atoms with Crippen LogP contribution in [-0.4, -0.2) is 36.7 Å². The van der Waals surface area contributed by atoms with Crippen LogP contribution in [0.1, 0.15) is 19.3 Å². The van der Waals surface area contributed by atoms with Crippen molar-refractivity contribution in [3.8, 4) is 0 Å². The van der Waals surface area contributed by atoms with Crippen molar-refractivity contribution in [1.29, 1.82) is 0 Å². The number of ether oxygens (including phenoxy) is 1. The first-order valence-corrected chi connectivity index (χ1v) is 7.78. The van der Waals surface area contributed by atoms with E-state index in [0.717, 1.165) is 50.5 Å². The van der Waals surface area contributed by atoms with Gasteiger partial charge in [-0.25, -0.2) is 4.99 Å². The van der Waals surface area contributed by atoms with E-state index >= 15 is 0 Å². The highest BCUT2D eigenvalue weighted by Gasteiger charge is 2.18. The molecule has 1 aromatic rings. The van der Waals surface area contributed by atoms with Crippen LogP contribution in [0.15, 0.2) is 35.3 Å². The first-order valence-electron chi connectivity index (χ1n) is 7.37. The first kappa shape index (κ1) is 14.3. The van der Waals surface area contributed by atoms with Crippen molar-refractivity contribution in [2.24, 2.45) is 4.99 Å². The molecule has 0 amide bonds. The highest BCUT2D eigenvalue weighted by molar-refractivity contribution is 7.80. The van der Waals surface area contributed by atoms with Crippen molar-refractivity contribution in [3.05, 3.63) is 30.3 Å². The Balaban J connectivity index is 1.49. The monoisotopic (exact) mass is 304 g/mol. The van der Waals surface area contributed by atoms with Gasteiger partial charge in [0.1, 0.15) is 5.84 Å². The van der Waals surface area contributed by atoms with Crippen LogP contribution in [0, 0.1) is 0 Å². The van der Waals surface area contributed by atoms with Crippen molar-refractivity contribution in [1.82, 2.24) is 10.7 Å². The van der Waals surface area contributed by atoms with Gasteiger partial charge in [0, 0.05) is 26.1 Å². The number of hydrazine groups is 1. The van der Waals surface area contributed by atoms with E-state index in [1.807, 2.05) is 18.2 Å². The summed E-state index contributed by atoms with van der Waals surface area (Å²) in [5, 5.41) is 5.78. The van der Waals surface area contributed by atoms with E-state index in [4.69, 9.17) is 17.0 Å². The summed E-state index contributed by atoms with van der Waals surface area (Å²) in [6.07, 6.45) is 3.39. The largest absolute Gasteiger partial charge is 0.376 e. The van der Waals surface area contributed by atoms with E-state index < -0.39 is 0 Å². The number of amidine groups is 1. The molecular formula is C15H20N4OS. The molecular weight excluding hydrogens is 284 g/mol. The maximum Gasteiger partial charge on any atom is 0.194 e. The standard InChI is InChI=1S/C15H20N4OS/c21-15(16-11-13-7-4-10-20-13)17-14-8-9-19(18-14)12-5-2-1-3-6-12/h1-3,5-6,13H,4,7-11H2,(H2,16,17,18,21)/t13-/m0/s1. The van der Waals surface area contributed by atoms with Gasteiger partial charge in [-0.1, -0.05) is 18.2 Å². The molecule has 0 radical (unpaired) electrons. The van der Waals surface area contributed by atoms with Gasteiger partial charge < -0.3 is 10.1 Å². The number of para-hydroxylation sites is 1. The molecule has 2 fully saturated rings. The molecule has 2 N–H and O–H groups in total. The van der Waals surface area contributed by atoms with Gasteiger partial charge in [0.2, 0.25) is 0 Å². The molecule has 0 spiro atoms. The molecule has 6 heteroatoms. The molecule has 1 aromatic carbocycles. The SMILES string of the molecule is S=C(/N=C1\CCN(c2ccccc2)N1)NC[C@@H]1CCCO1. The zero-order valence-corrected chi connectivity index (χ0v) is 12.7. The molecule has 3 rings (SSSR count). The van der Waals surface area contributed by atoms with Crippen LogP contribution in [0.25, 0.3) is 0 Å². The zero-order chi connectivity index (χ0) is 14.5. The number of hydrogen-bond donors (Lipinski definition) is 2. The summed E-state index contributed by atoms with van der Waals surface area (Å²) in [5.74, 6) is 0.906. The first-order chi connectivity index (χ1) is 10.3. The Kier molecular flexibility index (Phi) is 4.67. The number of benzene rings is 1. The van der Waals surface area contributed by atoms with Crippen LogP contribution >= 0.6 is 12.2 Å². The van der Waals surface area contributed by atoms with Gasteiger partial charge in [-0.05, 0) is 37.2 Å². The Morgan fingerprint density at radius 1 is 1.43 bits per heavy atom. The number of rotatable bonds is 3.